The molecule has 1 aromatic rings. The van der Waals surface area contributed by atoms with Crippen molar-refractivity contribution in [2.75, 3.05) is 0 Å². The number of benzene rings is 1. The Morgan fingerprint density at radius 2 is 1.68 bits per heavy atom. The Kier molecular flexibility index (Phi) is 4.87. The van der Waals surface area contributed by atoms with Gasteiger partial charge in [-0.3, -0.25) is 14.9 Å². The van der Waals surface area contributed by atoms with Gasteiger partial charge < -0.3 is 0 Å². The summed E-state index contributed by atoms with van der Waals surface area (Å²) in [5, 5.41) is 2.36. The Morgan fingerprint density at radius 1 is 1.16 bits per heavy atom. The van der Waals surface area contributed by atoms with Crippen LogP contribution in [-0.2, 0) is 15.0 Å². The molecule has 0 aliphatic carbocycles. The molecule has 1 atom stereocenters. The van der Waals surface area contributed by atoms with Crippen LogP contribution in [0.25, 0.3) is 0 Å². The Labute approximate surface area is 115 Å². The van der Waals surface area contributed by atoms with Crippen LogP contribution < -0.4 is 5.32 Å². The topological polar surface area (TPSA) is 46.2 Å². The molecule has 2 amide bonds. The van der Waals surface area contributed by atoms with Gasteiger partial charge in [-0.2, -0.15) is 0 Å². The molecule has 1 rings (SSSR count). The molecule has 0 saturated carbocycles. The van der Waals surface area contributed by atoms with E-state index in [1.165, 1.54) is 12.5 Å². The minimum atomic E-state index is -0.310. The van der Waals surface area contributed by atoms with Crippen molar-refractivity contribution in [3.63, 3.8) is 0 Å². The molecule has 0 heterocycles. The summed E-state index contributed by atoms with van der Waals surface area (Å²) in [6.07, 6.45) is 0.675. The molecule has 0 bridgehead atoms. The van der Waals surface area contributed by atoms with Crippen molar-refractivity contribution in [3.05, 3.63) is 35.4 Å². The number of carbonyl (C=O) groups excluding carboxylic acids is 2. The monoisotopic (exact) mass is 261 g/mol. The van der Waals surface area contributed by atoms with Gasteiger partial charge in [0.25, 0.3) is 0 Å². The lowest BCUT2D eigenvalue weighted by molar-refractivity contribution is -0.130. The van der Waals surface area contributed by atoms with Gasteiger partial charge >= 0.3 is 0 Å². The number of imide groups is 1. The van der Waals surface area contributed by atoms with E-state index >= 15 is 0 Å². The van der Waals surface area contributed by atoms with Gasteiger partial charge in [0.1, 0.15) is 0 Å². The van der Waals surface area contributed by atoms with Gasteiger partial charge in [0.05, 0.1) is 5.92 Å². The third-order valence-corrected chi connectivity index (χ3v) is 3.20. The lowest BCUT2D eigenvalue weighted by atomic mass is 9.85. The zero-order valence-electron chi connectivity index (χ0n) is 12.4. The quantitative estimate of drug-likeness (QED) is 0.908. The molecule has 0 aliphatic rings. The molecule has 0 fully saturated rings. The molecule has 3 nitrogen and oxygen atoms in total. The van der Waals surface area contributed by atoms with E-state index in [9.17, 15) is 9.59 Å². The van der Waals surface area contributed by atoms with Gasteiger partial charge in [-0.05, 0) is 23.0 Å². The maximum atomic E-state index is 11.9. The van der Waals surface area contributed by atoms with Crippen molar-refractivity contribution < 1.29 is 9.59 Å². The van der Waals surface area contributed by atoms with E-state index < -0.39 is 0 Å². The molecule has 0 spiro atoms. The van der Waals surface area contributed by atoms with Gasteiger partial charge in [-0.15, -0.1) is 0 Å². The van der Waals surface area contributed by atoms with Gasteiger partial charge in [0, 0.05) is 6.92 Å². The summed E-state index contributed by atoms with van der Waals surface area (Å²) in [6.45, 7) is 9.76. The summed E-state index contributed by atoms with van der Waals surface area (Å²) in [5.74, 6) is -0.800. The van der Waals surface area contributed by atoms with Crippen molar-refractivity contribution in [1.82, 2.24) is 5.32 Å². The van der Waals surface area contributed by atoms with Crippen LogP contribution in [-0.4, -0.2) is 11.8 Å². The molecule has 104 valence electrons. The molecule has 0 aromatic heterocycles. The predicted molar refractivity (Wildman–Crippen MR) is 77.0 cm³/mol. The van der Waals surface area contributed by atoms with E-state index in [1.54, 1.807) is 0 Å². The first-order chi connectivity index (χ1) is 8.75. The van der Waals surface area contributed by atoms with E-state index in [0.29, 0.717) is 6.42 Å². The molecule has 1 unspecified atom stereocenters. The molecule has 1 aromatic carbocycles. The largest absolute Gasteiger partial charge is 0.296 e. The SMILES string of the molecule is CCC(C(=O)NC(C)=O)c1ccc(C(C)(C)C)cc1. The van der Waals surface area contributed by atoms with Crippen LogP contribution in [0.5, 0.6) is 0 Å². The van der Waals surface area contributed by atoms with E-state index in [-0.39, 0.29) is 23.1 Å². The van der Waals surface area contributed by atoms with Crippen LogP contribution >= 0.6 is 0 Å². The Hall–Kier alpha value is -1.64. The van der Waals surface area contributed by atoms with Crippen molar-refractivity contribution in [1.29, 1.82) is 0 Å². The van der Waals surface area contributed by atoms with E-state index in [4.69, 9.17) is 0 Å². The summed E-state index contributed by atoms with van der Waals surface area (Å²) in [7, 11) is 0. The molecule has 0 saturated heterocycles. The first kappa shape index (κ1) is 15.4. The molecular formula is C16H23NO2. The summed E-state index contributed by atoms with van der Waals surface area (Å²) < 4.78 is 0. The number of amides is 2. The fourth-order valence-corrected chi connectivity index (χ4v) is 2.05. The molecular weight excluding hydrogens is 238 g/mol. The minimum Gasteiger partial charge on any atom is -0.296 e. The van der Waals surface area contributed by atoms with Gasteiger partial charge in [-0.25, -0.2) is 0 Å². The molecule has 0 aliphatic heterocycles. The van der Waals surface area contributed by atoms with Crippen molar-refractivity contribution in [3.8, 4) is 0 Å². The standard InChI is InChI=1S/C16H23NO2/c1-6-14(15(19)17-11(2)18)12-7-9-13(10-8-12)16(3,4)5/h7-10,14H,6H2,1-5H3,(H,17,18,19). The number of carbonyl (C=O) groups is 2. The normalized spacial score (nSPS) is 12.9. The number of rotatable bonds is 3. The highest BCUT2D eigenvalue weighted by atomic mass is 16.2. The third-order valence-electron chi connectivity index (χ3n) is 3.20. The summed E-state index contributed by atoms with van der Waals surface area (Å²) in [4.78, 5) is 22.9. The van der Waals surface area contributed by atoms with Crippen LogP contribution in [0.4, 0.5) is 0 Å². The van der Waals surface area contributed by atoms with E-state index in [2.05, 4.69) is 38.2 Å². The lowest BCUT2D eigenvalue weighted by Gasteiger charge is -2.20. The van der Waals surface area contributed by atoms with Crippen molar-refractivity contribution in [2.24, 2.45) is 0 Å². The van der Waals surface area contributed by atoms with Gasteiger partial charge in [-0.1, -0.05) is 52.0 Å². The highest BCUT2D eigenvalue weighted by Gasteiger charge is 2.20. The predicted octanol–water partition coefficient (Wildman–Crippen LogP) is 3.14. The molecule has 1 N–H and O–H groups in total. The van der Waals surface area contributed by atoms with Gasteiger partial charge in [0.15, 0.2) is 0 Å². The highest BCUT2D eigenvalue weighted by Crippen LogP contribution is 2.26. The van der Waals surface area contributed by atoms with E-state index in [1.807, 2.05) is 19.1 Å². The first-order valence-corrected chi connectivity index (χ1v) is 6.67. The number of hydrogen-bond donors (Lipinski definition) is 1. The Bertz CT molecular complexity index is 455. The number of nitrogens with one attached hydrogen (secondary N) is 1. The molecule has 19 heavy (non-hydrogen) atoms. The fraction of sp³-hybridized carbons (Fsp3) is 0.500. The fourth-order valence-electron chi connectivity index (χ4n) is 2.05. The maximum Gasteiger partial charge on any atom is 0.234 e. The average Bonchev–Trinajstić information content (AvgIpc) is 2.28. The molecule has 0 radical (unpaired) electrons. The van der Waals surface area contributed by atoms with Crippen LogP contribution in [0.1, 0.15) is 58.1 Å². The summed E-state index contributed by atoms with van der Waals surface area (Å²) in [5.41, 5.74) is 2.29. The number of hydrogen-bond acceptors (Lipinski definition) is 2. The van der Waals surface area contributed by atoms with Crippen LogP contribution in [0.15, 0.2) is 24.3 Å². The average molecular weight is 261 g/mol. The highest BCUT2D eigenvalue weighted by molar-refractivity contribution is 5.97. The van der Waals surface area contributed by atoms with Crippen LogP contribution in [0, 0.1) is 0 Å². The Balaban J connectivity index is 2.94. The van der Waals surface area contributed by atoms with E-state index in [0.717, 1.165) is 5.56 Å². The van der Waals surface area contributed by atoms with Crippen LogP contribution in [0.3, 0.4) is 0 Å². The minimum absolute atomic E-state index is 0.0991. The second-order valence-corrected chi connectivity index (χ2v) is 5.88. The molecule has 3 heteroatoms. The van der Waals surface area contributed by atoms with Crippen LogP contribution in [0.2, 0.25) is 0 Å². The second-order valence-electron chi connectivity index (χ2n) is 5.88. The smallest absolute Gasteiger partial charge is 0.234 e. The zero-order chi connectivity index (χ0) is 14.6. The van der Waals surface area contributed by atoms with Crippen molar-refractivity contribution >= 4 is 11.8 Å². The summed E-state index contributed by atoms with van der Waals surface area (Å²) in [6, 6.07) is 8.07. The summed E-state index contributed by atoms with van der Waals surface area (Å²) >= 11 is 0. The lowest BCUT2D eigenvalue weighted by Crippen LogP contribution is -2.32. The van der Waals surface area contributed by atoms with Crippen molar-refractivity contribution in [2.45, 2.75) is 52.4 Å². The second kappa shape index (κ2) is 6.00. The van der Waals surface area contributed by atoms with Gasteiger partial charge in [0.2, 0.25) is 11.8 Å². The zero-order valence-corrected chi connectivity index (χ0v) is 12.4. The first-order valence-electron chi connectivity index (χ1n) is 6.67. The third kappa shape index (κ3) is 4.19. The Morgan fingerprint density at radius 3 is 2.05 bits per heavy atom. The maximum absolute atomic E-state index is 11.9.